The molecular weight excluding hydrogens is 394 g/mol. The monoisotopic (exact) mass is 423 g/mol. The Morgan fingerprint density at radius 2 is 1.74 bits per heavy atom. The van der Waals surface area contributed by atoms with E-state index >= 15 is 0 Å². The van der Waals surface area contributed by atoms with E-state index in [2.05, 4.69) is 19.8 Å². The zero-order valence-electron chi connectivity index (χ0n) is 18.0. The fraction of sp³-hybridized carbons (Fsp3) is 0.591. The van der Waals surface area contributed by atoms with Gasteiger partial charge in [0.25, 0.3) is 5.56 Å². The Balaban J connectivity index is 1.20. The highest BCUT2D eigenvalue weighted by atomic mass is 16.2. The van der Waals surface area contributed by atoms with Crippen molar-refractivity contribution in [3.8, 4) is 0 Å². The number of hydrogen-bond acceptors (Lipinski definition) is 7. The maximum absolute atomic E-state index is 12.8. The lowest BCUT2D eigenvalue weighted by atomic mass is 10.2. The molecule has 9 heteroatoms. The van der Waals surface area contributed by atoms with Crippen LogP contribution >= 0.6 is 0 Å². The van der Waals surface area contributed by atoms with Gasteiger partial charge in [-0.15, -0.1) is 0 Å². The molecule has 1 amide bonds. The number of piperazine rings is 1. The quantitative estimate of drug-likeness (QED) is 0.713. The van der Waals surface area contributed by atoms with E-state index in [1.165, 1.54) is 23.7 Å². The van der Waals surface area contributed by atoms with E-state index in [9.17, 15) is 9.59 Å². The van der Waals surface area contributed by atoms with Gasteiger partial charge in [-0.05, 0) is 32.6 Å². The second-order valence-electron chi connectivity index (χ2n) is 8.78. The summed E-state index contributed by atoms with van der Waals surface area (Å²) in [6.45, 7) is 6.74. The third-order valence-electron chi connectivity index (χ3n) is 6.38. The molecule has 0 spiro atoms. The number of aromatic nitrogens is 4. The Bertz CT molecular complexity index is 1020. The molecule has 3 aliphatic rings. The van der Waals surface area contributed by atoms with Gasteiger partial charge in [-0.1, -0.05) is 0 Å². The minimum Gasteiger partial charge on any atom is -0.353 e. The summed E-state index contributed by atoms with van der Waals surface area (Å²) in [7, 11) is 0. The first-order chi connectivity index (χ1) is 15.1. The van der Waals surface area contributed by atoms with Crippen molar-refractivity contribution in [2.75, 3.05) is 49.1 Å². The first kappa shape index (κ1) is 20.0. The van der Waals surface area contributed by atoms with Crippen molar-refractivity contribution >= 4 is 17.7 Å². The Kier molecular flexibility index (Phi) is 5.33. The molecule has 2 aromatic rings. The molecule has 2 aromatic heterocycles. The summed E-state index contributed by atoms with van der Waals surface area (Å²) in [5.41, 5.74) is 1.68. The first-order valence-corrected chi connectivity index (χ1v) is 11.3. The second kappa shape index (κ2) is 8.28. The number of hydrogen-bond donors (Lipinski definition) is 0. The summed E-state index contributed by atoms with van der Waals surface area (Å²) in [6.07, 6.45) is 6.11. The number of aryl methyl sites for hydroxylation is 1. The van der Waals surface area contributed by atoms with Crippen LogP contribution < -0.4 is 15.4 Å². The average molecular weight is 424 g/mol. The fourth-order valence-corrected chi connectivity index (χ4v) is 4.35. The van der Waals surface area contributed by atoms with Gasteiger partial charge in [0.05, 0.1) is 12.0 Å². The maximum atomic E-state index is 12.8. The Labute approximate surface area is 181 Å². The molecular formula is C22H29N7O2. The van der Waals surface area contributed by atoms with Crippen LogP contribution in [0.25, 0.3) is 0 Å². The van der Waals surface area contributed by atoms with Crippen molar-refractivity contribution in [1.82, 2.24) is 24.4 Å². The van der Waals surface area contributed by atoms with E-state index in [4.69, 9.17) is 4.98 Å². The molecule has 0 bridgehead atoms. The van der Waals surface area contributed by atoms with Gasteiger partial charge in [0.1, 0.15) is 12.4 Å². The predicted molar refractivity (Wildman–Crippen MR) is 117 cm³/mol. The number of carbonyl (C=O) groups is 1. The topological polar surface area (TPSA) is 87.5 Å². The van der Waals surface area contributed by atoms with Crippen LogP contribution in [0.1, 0.15) is 43.0 Å². The number of carbonyl (C=O) groups excluding carboxylic acids is 1. The van der Waals surface area contributed by atoms with Crippen LogP contribution in [0.2, 0.25) is 0 Å². The van der Waals surface area contributed by atoms with E-state index in [0.29, 0.717) is 19.0 Å². The van der Waals surface area contributed by atoms with Gasteiger partial charge in [0.15, 0.2) is 0 Å². The number of amides is 1. The molecule has 4 heterocycles. The highest BCUT2D eigenvalue weighted by Crippen LogP contribution is 2.38. The third kappa shape index (κ3) is 4.40. The van der Waals surface area contributed by atoms with Crippen molar-refractivity contribution in [3.63, 3.8) is 0 Å². The molecule has 31 heavy (non-hydrogen) atoms. The van der Waals surface area contributed by atoms with E-state index in [0.717, 1.165) is 62.2 Å². The van der Waals surface area contributed by atoms with E-state index in [-0.39, 0.29) is 18.0 Å². The fourth-order valence-electron chi connectivity index (χ4n) is 4.35. The minimum atomic E-state index is -0.144. The molecule has 1 saturated carbocycles. The number of anilines is 2. The first-order valence-electron chi connectivity index (χ1n) is 11.3. The Morgan fingerprint density at radius 3 is 2.42 bits per heavy atom. The zero-order valence-corrected chi connectivity index (χ0v) is 18.0. The van der Waals surface area contributed by atoms with E-state index in [1.807, 2.05) is 17.9 Å². The van der Waals surface area contributed by atoms with Gasteiger partial charge < -0.3 is 14.7 Å². The lowest BCUT2D eigenvalue weighted by molar-refractivity contribution is -0.132. The average Bonchev–Trinajstić information content (AvgIpc) is 3.48. The van der Waals surface area contributed by atoms with Crippen LogP contribution in [-0.4, -0.2) is 69.6 Å². The van der Waals surface area contributed by atoms with Crippen molar-refractivity contribution < 1.29 is 4.79 Å². The van der Waals surface area contributed by atoms with Gasteiger partial charge in [-0.3, -0.25) is 14.2 Å². The molecule has 0 N–H and O–H groups in total. The molecule has 5 rings (SSSR count). The highest BCUT2D eigenvalue weighted by molar-refractivity contribution is 5.76. The van der Waals surface area contributed by atoms with Crippen molar-refractivity contribution in [2.24, 2.45) is 0 Å². The third-order valence-corrected chi connectivity index (χ3v) is 6.38. The minimum absolute atomic E-state index is 0.0423. The van der Waals surface area contributed by atoms with Crippen molar-refractivity contribution in [2.45, 2.75) is 45.1 Å². The molecule has 0 unspecified atom stereocenters. The van der Waals surface area contributed by atoms with E-state index in [1.54, 1.807) is 6.07 Å². The summed E-state index contributed by atoms with van der Waals surface area (Å²) in [6, 6.07) is 3.60. The molecule has 0 aromatic carbocycles. The molecule has 0 atom stereocenters. The maximum Gasteiger partial charge on any atom is 0.254 e. The summed E-state index contributed by atoms with van der Waals surface area (Å²) < 4.78 is 1.41. The van der Waals surface area contributed by atoms with Crippen LogP contribution in [0.3, 0.4) is 0 Å². The predicted octanol–water partition coefficient (Wildman–Crippen LogP) is 1.17. The zero-order chi connectivity index (χ0) is 21.4. The van der Waals surface area contributed by atoms with Crippen LogP contribution in [0.4, 0.5) is 11.8 Å². The smallest absolute Gasteiger partial charge is 0.254 e. The lowest BCUT2D eigenvalue weighted by Gasteiger charge is -2.35. The summed E-state index contributed by atoms with van der Waals surface area (Å²) in [5, 5.41) is 0. The van der Waals surface area contributed by atoms with Crippen molar-refractivity contribution in [1.29, 1.82) is 0 Å². The Morgan fingerprint density at radius 1 is 1.00 bits per heavy atom. The molecule has 2 aliphatic heterocycles. The molecule has 2 saturated heterocycles. The lowest BCUT2D eigenvalue weighted by Crippen LogP contribution is -2.50. The molecule has 3 fully saturated rings. The highest BCUT2D eigenvalue weighted by Gasteiger charge is 2.27. The van der Waals surface area contributed by atoms with Gasteiger partial charge in [-0.2, -0.15) is 4.98 Å². The summed E-state index contributed by atoms with van der Waals surface area (Å²) in [4.78, 5) is 45.2. The normalized spacial score (nSPS) is 19.2. The number of nitrogens with zero attached hydrogens (tertiary/aromatic N) is 7. The Hall–Kier alpha value is -2.97. The standard InChI is InChI=1S/C22H29N7O2/c1-16-12-19(25-22(24-16)28-6-2-3-7-28)26-8-10-27(11-9-26)21(31)14-29-15-23-18(13-20(29)30)17-4-5-17/h12-13,15,17H,2-11,14H2,1H3. The van der Waals surface area contributed by atoms with E-state index < -0.39 is 0 Å². The van der Waals surface area contributed by atoms with Gasteiger partial charge in [0, 0.05) is 63.0 Å². The molecule has 0 radical (unpaired) electrons. The molecule has 1 aliphatic carbocycles. The van der Waals surface area contributed by atoms with Crippen LogP contribution in [0, 0.1) is 6.92 Å². The largest absolute Gasteiger partial charge is 0.353 e. The van der Waals surface area contributed by atoms with Crippen molar-refractivity contribution in [3.05, 3.63) is 40.2 Å². The summed E-state index contributed by atoms with van der Waals surface area (Å²) in [5.74, 6) is 2.13. The van der Waals surface area contributed by atoms with Gasteiger partial charge in [-0.25, -0.2) is 9.97 Å². The van der Waals surface area contributed by atoms with Gasteiger partial charge in [0.2, 0.25) is 11.9 Å². The molecule has 9 nitrogen and oxygen atoms in total. The van der Waals surface area contributed by atoms with Crippen LogP contribution in [0.5, 0.6) is 0 Å². The number of rotatable bonds is 5. The second-order valence-corrected chi connectivity index (χ2v) is 8.78. The van der Waals surface area contributed by atoms with Gasteiger partial charge >= 0.3 is 0 Å². The SMILES string of the molecule is Cc1cc(N2CCN(C(=O)Cn3cnc(C4CC4)cc3=O)CC2)nc(N2CCCC2)n1. The summed E-state index contributed by atoms with van der Waals surface area (Å²) >= 11 is 0. The van der Waals surface area contributed by atoms with Crippen LogP contribution in [0.15, 0.2) is 23.3 Å². The molecule has 164 valence electrons. The van der Waals surface area contributed by atoms with Crippen LogP contribution in [-0.2, 0) is 11.3 Å².